The van der Waals surface area contributed by atoms with Gasteiger partial charge in [-0.3, -0.25) is 0 Å². The summed E-state index contributed by atoms with van der Waals surface area (Å²) in [6.07, 6.45) is -0.733. The van der Waals surface area contributed by atoms with Crippen molar-refractivity contribution in [1.29, 1.82) is 0 Å². The summed E-state index contributed by atoms with van der Waals surface area (Å²) in [6.45, 7) is 5.20. The highest BCUT2D eigenvalue weighted by Gasteiger charge is 2.24. The van der Waals surface area contributed by atoms with Gasteiger partial charge in [-0.2, -0.15) is 11.8 Å². The maximum atomic E-state index is 12.0. The van der Waals surface area contributed by atoms with Gasteiger partial charge in [0, 0.05) is 27.8 Å². The maximum absolute atomic E-state index is 12.0. The number of alkyl carbamates (subject to hydrolysis) is 1. The summed E-state index contributed by atoms with van der Waals surface area (Å²) in [5, 5.41) is 14.1. The Morgan fingerprint density at radius 3 is 2.33 bits per heavy atom. The number of benzene rings is 4. The molecule has 0 radical (unpaired) electrons. The van der Waals surface area contributed by atoms with E-state index in [1.807, 2.05) is 30.3 Å². The molecule has 0 fully saturated rings. The van der Waals surface area contributed by atoms with Crippen LogP contribution in [-0.4, -0.2) is 34.6 Å². The molecule has 5 rings (SSSR count). The molecule has 0 aliphatic heterocycles. The first-order chi connectivity index (χ1) is 19.2. The SMILES string of the molecule is CC(C)(C)OC(=O)N[C@@H](CSCc1ccc(-c2cccc(-c3cccc4c3oc3ccccc34)c2)cc1)C(=O)O. The van der Waals surface area contributed by atoms with Gasteiger partial charge in [0.2, 0.25) is 0 Å². The zero-order chi connectivity index (χ0) is 28.3. The molecule has 0 aliphatic rings. The maximum Gasteiger partial charge on any atom is 0.408 e. The predicted octanol–water partition coefficient (Wildman–Crippen LogP) is 8.13. The smallest absolute Gasteiger partial charge is 0.408 e. The highest BCUT2D eigenvalue weighted by atomic mass is 32.2. The molecule has 1 atom stereocenters. The largest absolute Gasteiger partial charge is 0.480 e. The van der Waals surface area contributed by atoms with Gasteiger partial charge in [-0.1, -0.05) is 78.9 Å². The van der Waals surface area contributed by atoms with Crippen LogP contribution in [0.3, 0.4) is 0 Å². The first-order valence-corrected chi connectivity index (χ1v) is 14.2. The van der Waals surface area contributed by atoms with E-state index in [-0.39, 0.29) is 5.75 Å². The monoisotopic (exact) mass is 553 g/mol. The number of hydrogen-bond donors (Lipinski definition) is 2. The third kappa shape index (κ3) is 6.32. The number of amides is 1. The van der Waals surface area contributed by atoms with Crippen LogP contribution in [0.15, 0.2) is 95.4 Å². The Balaban J connectivity index is 1.27. The number of ether oxygens (including phenoxy) is 1. The molecule has 5 aromatic rings. The lowest BCUT2D eigenvalue weighted by Crippen LogP contribution is -2.44. The van der Waals surface area contributed by atoms with E-state index in [1.165, 1.54) is 11.8 Å². The van der Waals surface area contributed by atoms with Gasteiger partial charge in [-0.05, 0) is 55.2 Å². The number of thioether (sulfide) groups is 1. The molecule has 0 bridgehead atoms. The van der Waals surface area contributed by atoms with Crippen molar-refractivity contribution in [3.63, 3.8) is 0 Å². The molecule has 204 valence electrons. The van der Waals surface area contributed by atoms with Gasteiger partial charge >= 0.3 is 12.1 Å². The molecule has 0 spiro atoms. The van der Waals surface area contributed by atoms with Gasteiger partial charge in [-0.25, -0.2) is 9.59 Å². The van der Waals surface area contributed by atoms with Crippen LogP contribution in [0.1, 0.15) is 26.3 Å². The van der Waals surface area contributed by atoms with Gasteiger partial charge in [-0.15, -0.1) is 0 Å². The number of fused-ring (bicyclic) bond motifs is 3. The number of carboxylic acid groups (broad SMARTS) is 1. The van der Waals surface area contributed by atoms with E-state index in [1.54, 1.807) is 20.8 Å². The van der Waals surface area contributed by atoms with E-state index >= 15 is 0 Å². The van der Waals surface area contributed by atoms with Crippen LogP contribution in [0.4, 0.5) is 4.79 Å². The van der Waals surface area contributed by atoms with Crippen molar-refractivity contribution in [1.82, 2.24) is 5.32 Å². The summed E-state index contributed by atoms with van der Waals surface area (Å²) < 4.78 is 11.4. The summed E-state index contributed by atoms with van der Waals surface area (Å²) in [5.41, 5.74) is 6.45. The lowest BCUT2D eigenvalue weighted by atomic mass is 9.97. The van der Waals surface area contributed by atoms with E-state index in [0.717, 1.165) is 49.8 Å². The van der Waals surface area contributed by atoms with Gasteiger partial charge in [0.15, 0.2) is 0 Å². The normalized spacial score (nSPS) is 12.4. The summed E-state index contributed by atoms with van der Waals surface area (Å²) in [4.78, 5) is 23.6. The fourth-order valence-corrected chi connectivity index (χ4v) is 5.56. The number of aliphatic carboxylic acids is 1. The van der Waals surface area contributed by atoms with Crippen LogP contribution < -0.4 is 5.32 Å². The number of carboxylic acids is 1. The van der Waals surface area contributed by atoms with E-state index in [2.05, 4.69) is 66.0 Å². The highest BCUT2D eigenvalue weighted by Crippen LogP contribution is 2.36. The van der Waals surface area contributed by atoms with Crippen molar-refractivity contribution in [3.05, 3.63) is 96.6 Å². The Morgan fingerprint density at radius 1 is 0.875 bits per heavy atom. The quantitative estimate of drug-likeness (QED) is 0.202. The number of furan rings is 1. The first-order valence-electron chi connectivity index (χ1n) is 13.1. The molecule has 6 nitrogen and oxygen atoms in total. The second kappa shape index (κ2) is 11.5. The Hall–Kier alpha value is -4.23. The molecular weight excluding hydrogens is 522 g/mol. The van der Waals surface area contributed by atoms with Crippen LogP contribution in [0.2, 0.25) is 0 Å². The fourth-order valence-electron chi connectivity index (χ4n) is 4.55. The molecule has 0 aliphatic carbocycles. The lowest BCUT2D eigenvalue weighted by Gasteiger charge is -2.21. The molecule has 2 N–H and O–H groups in total. The molecule has 1 aromatic heterocycles. The number of rotatable bonds is 8. The van der Waals surface area contributed by atoms with Crippen molar-refractivity contribution in [2.45, 2.75) is 38.2 Å². The summed E-state index contributed by atoms with van der Waals surface area (Å²) >= 11 is 1.45. The zero-order valence-corrected chi connectivity index (χ0v) is 23.5. The second-order valence-corrected chi connectivity index (χ2v) is 11.6. The summed E-state index contributed by atoms with van der Waals surface area (Å²) in [6, 6.07) is 30.0. The van der Waals surface area contributed by atoms with Gasteiger partial charge < -0.3 is 19.6 Å². The van der Waals surface area contributed by atoms with Crippen LogP contribution in [0.25, 0.3) is 44.2 Å². The standard InChI is InChI=1S/C33H31NO5S/c1-33(2,3)39-32(37)34-28(31(35)36)20-40-19-21-14-16-22(17-15-21)23-8-6-9-24(18-23)25-11-7-12-27-26-10-4-5-13-29(26)38-30(25)27/h4-18,28H,19-20H2,1-3H3,(H,34,37)(H,35,36)/t28-/m0/s1. The molecule has 7 heteroatoms. The molecule has 0 unspecified atom stereocenters. The number of carbonyl (C=O) groups excluding carboxylic acids is 1. The Bertz CT molecular complexity index is 1670. The van der Waals surface area contributed by atoms with Gasteiger partial charge in [0.25, 0.3) is 0 Å². The molecule has 40 heavy (non-hydrogen) atoms. The van der Waals surface area contributed by atoms with Crippen molar-refractivity contribution in [2.24, 2.45) is 0 Å². The molecule has 0 saturated heterocycles. The Labute approximate surface area is 237 Å². The highest BCUT2D eigenvalue weighted by molar-refractivity contribution is 7.98. The minimum absolute atomic E-state index is 0.228. The van der Waals surface area contributed by atoms with Crippen LogP contribution in [-0.2, 0) is 15.3 Å². The van der Waals surface area contributed by atoms with Crippen LogP contribution >= 0.6 is 11.8 Å². The van der Waals surface area contributed by atoms with E-state index in [0.29, 0.717) is 5.75 Å². The Kier molecular flexibility index (Phi) is 7.85. The Morgan fingerprint density at radius 2 is 1.57 bits per heavy atom. The molecule has 0 saturated carbocycles. The summed E-state index contributed by atoms with van der Waals surface area (Å²) in [7, 11) is 0. The van der Waals surface area contributed by atoms with Crippen LogP contribution in [0.5, 0.6) is 0 Å². The zero-order valence-electron chi connectivity index (χ0n) is 22.6. The van der Waals surface area contributed by atoms with Crippen molar-refractivity contribution < 1.29 is 23.8 Å². The third-order valence-electron chi connectivity index (χ3n) is 6.41. The average Bonchev–Trinajstić information content (AvgIpc) is 3.31. The van der Waals surface area contributed by atoms with Crippen molar-refractivity contribution >= 4 is 45.8 Å². The van der Waals surface area contributed by atoms with E-state index in [4.69, 9.17) is 9.15 Å². The topological polar surface area (TPSA) is 88.8 Å². The molecule has 1 amide bonds. The van der Waals surface area contributed by atoms with Crippen molar-refractivity contribution in [2.75, 3.05) is 5.75 Å². The van der Waals surface area contributed by atoms with E-state index < -0.39 is 23.7 Å². The number of hydrogen-bond acceptors (Lipinski definition) is 5. The molecule has 1 heterocycles. The lowest BCUT2D eigenvalue weighted by molar-refractivity contribution is -0.138. The van der Waals surface area contributed by atoms with Crippen molar-refractivity contribution in [3.8, 4) is 22.3 Å². The fraction of sp³-hybridized carbons (Fsp3) is 0.212. The molecular formula is C33H31NO5S. The minimum atomic E-state index is -1.09. The predicted molar refractivity (Wildman–Crippen MR) is 162 cm³/mol. The van der Waals surface area contributed by atoms with Gasteiger partial charge in [0.1, 0.15) is 22.8 Å². The van der Waals surface area contributed by atoms with Crippen LogP contribution in [0, 0.1) is 0 Å². The summed E-state index contributed by atoms with van der Waals surface area (Å²) in [5.74, 6) is -0.244. The van der Waals surface area contributed by atoms with Gasteiger partial charge in [0.05, 0.1) is 0 Å². The third-order valence-corrected chi connectivity index (χ3v) is 7.51. The number of carbonyl (C=O) groups is 2. The molecule has 4 aromatic carbocycles. The van der Waals surface area contributed by atoms with E-state index in [9.17, 15) is 14.7 Å². The number of para-hydroxylation sites is 2. The first kappa shape index (κ1) is 27.3. The average molecular weight is 554 g/mol. The minimum Gasteiger partial charge on any atom is -0.480 e. The number of nitrogens with one attached hydrogen (secondary N) is 1. The second-order valence-electron chi connectivity index (χ2n) is 10.6.